The number of amides is 1. The summed E-state index contributed by atoms with van der Waals surface area (Å²) in [6.45, 7) is 0.978. The molecule has 0 fully saturated rings. The van der Waals surface area contributed by atoms with Gasteiger partial charge in [-0.2, -0.15) is 0 Å². The standard InChI is InChI=1S/C24H22FN3O5/c25-20-10-17(23-19(11-20)14-32-15-33-23)8-9-26-24(29)18-6-7-21(22(12-18)28(30)31)27-13-16-4-2-1-3-5-16/h1-7,10-12,27H,8-9,13-15H2,(H,26,29). The van der Waals surface area contributed by atoms with Crippen molar-refractivity contribution in [2.24, 2.45) is 0 Å². The van der Waals surface area contributed by atoms with Crippen molar-refractivity contribution in [3.05, 3.63) is 98.8 Å². The number of fused-ring (bicyclic) bond motifs is 1. The second-order valence-electron chi connectivity index (χ2n) is 7.50. The van der Waals surface area contributed by atoms with Crippen molar-refractivity contribution < 1.29 is 23.6 Å². The molecule has 0 saturated heterocycles. The molecule has 33 heavy (non-hydrogen) atoms. The van der Waals surface area contributed by atoms with E-state index in [-0.39, 0.29) is 31.2 Å². The van der Waals surface area contributed by atoms with Gasteiger partial charge in [-0.05, 0) is 41.8 Å². The van der Waals surface area contributed by atoms with Gasteiger partial charge in [0.25, 0.3) is 11.6 Å². The van der Waals surface area contributed by atoms with Crippen LogP contribution in [0.4, 0.5) is 15.8 Å². The van der Waals surface area contributed by atoms with Crippen LogP contribution in [0.25, 0.3) is 0 Å². The smallest absolute Gasteiger partial charge is 0.293 e. The molecule has 0 aromatic heterocycles. The highest BCUT2D eigenvalue weighted by molar-refractivity contribution is 5.95. The molecule has 9 heteroatoms. The van der Waals surface area contributed by atoms with Crippen LogP contribution in [-0.4, -0.2) is 24.2 Å². The summed E-state index contributed by atoms with van der Waals surface area (Å²) < 4.78 is 24.5. The number of nitro groups is 1. The largest absolute Gasteiger partial charge is 0.467 e. The van der Waals surface area contributed by atoms with E-state index in [0.29, 0.717) is 35.5 Å². The molecule has 0 bridgehead atoms. The van der Waals surface area contributed by atoms with Crippen LogP contribution in [0.5, 0.6) is 5.75 Å². The number of carbonyl (C=O) groups excluding carboxylic acids is 1. The first-order chi connectivity index (χ1) is 16.0. The molecule has 0 spiro atoms. The van der Waals surface area contributed by atoms with E-state index in [9.17, 15) is 19.3 Å². The van der Waals surface area contributed by atoms with Gasteiger partial charge in [0.1, 0.15) is 17.3 Å². The number of carbonyl (C=O) groups is 1. The second kappa shape index (κ2) is 10.1. The van der Waals surface area contributed by atoms with Gasteiger partial charge in [0.15, 0.2) is 6.79 Å². The normalized spacial score (nSPS) is 12.4. The Morgan fingerprint density at radius 1 is 1.12 bits per heavy atom. The van der Waals surface area contributed by atoms with Gasteiger partial charge < -0.3 is 20.1 Å². The molecule has 0 radical (unpaired) electrons. The summed E-state index contributed by atoms with van der Waals surface area (Å²) in [6.07, 6.45) is 0.338. The number of anilines is 1. The van der Waals surface area contributed by atoms with Crippen molar-refractivity contribution in [2.75, 3.05) is 18.7 Å². The molecule has 1 heterocycles. The lowest BCUT2D eigenvalue weighted by atomic mass is 10.1. The molecule has 1 amide bonds. The first-order valence-electron chi connectivity index (χ1n) is 10.4. The van der Waals surface area contributed by atoms with Gasteiger partial charge in [0.05, 0.1) is 11.5 Å². The summed E-state index contributed by atoms with van der Waals surface area (Å²) in [5.41, 5.74) is 2.52. The fourth-order valence-electron chi connectivity index (χ4n) is 3.62. The van der Waals surface area contributed by atoms with Crippen LogP contribution in [0, 0.1) is 15.9 Å². The third-order valence-electron chi connectivity index (χ3n) is 5.21. The van der Waals surface area contributed by atoms with Gasteiger partial charge in [-0.1, -0.05) is 30.3 Å². The topological polar surface area (TPSA) is 103 Å². The molecule has 0 atom stereocenters. The van der Waals surface area contributed by atoms with Gasteiger partial charge in [-0.15, -0.1) is 0 Å². The number of hydrogen-bond donors (Lipinski definition) is 2. The lowest BCUT2D eigenvalue weighted by molar-refractivity contribution is -0.384. The molecule has 3 aromatic carbocycles. The Bertz CT molecular complexity index is 1170. The summed E-state index contributed by atoms with van der Waals surface area (Å²) in [6, 6.07) is 16.5. The minimum absolute atomic E-state index is 0.0896. The van der Waals surface area contributed by atoms with E-state index in [0.717, 1.165) is 5.56 Å². The van der Waals surface area contributed by atoms with Crippen LogP contribution in [0.3, 0.4) is 0 Å². The molecule has 0 unspecified atom stereocenters. The summed E-state index contributed by atoms with van der Waals surface area (Å²) in [7, 11) is 0. The first kappa shape index (κ1) is 22.2. The Hall–Kier alpha value is -3.98. The molecular weight excluding hydrogens is 429 g/mol. The Labute approximate surface area is 189 Å². The predicted molar refractivity (Wildman–Crippen MR) is 120 cm³/mol. The van der Waals surface area contributed by atoms with Crippen LogP contribution in [0.2, 0.25) is 0 Å². The number of nitrogens with zero attached hydrogens (tertiary/aromatic N) is 1. The van der Waals surface area contributed by atoms with Crippen molar-refractivity contribution >= 4 is 17.3 Å². The highest BCUT2D eigenvalue weighted by Gasteiger charge is 2.19. The van der Waals surface area contributed by atoms with Crippen molar-refractivity contribution in [1.29, 1.82) is 0 Å². The number of nitrogens with one attached hydrogen (secondary N) is 2. The van der Waals surface area contributed by atoms with E-state index in [4.69, 9.17) is 9.47 Å². The quantitative estimate of drug-likeness (QED) is 0.393. The van der Waals surface area contributed by atoms with Crippen molar-refractivity contribution in [3.8, 4) is 5.75 Å². The van der Waals surface area contributed by atoms with E-state index < -0.39 is 16.6 Å². The van der Waals surface area contributed by atoms with Gasteiger partial charge >= 0.3 is 0 Å². The fourth-order valence-corrected chi connectivity index (χ4v) is 3.62. The third-order valence-corrected chi connectivity index (χ3v) is 5.21. The van der Waals surface area contributed by atoms with E-state index >= 15 is 0 Å². The molecule has 1 aliphatic rings. The molecular formula is C24H22FN3O5. The highest BCUT2D eigenvalue weighted by atomic mass is 19.1. The summed E-state index contributed by atoms with van der Waals surface area (Å²) in [5, 5.41) is 17.3. The molecule has 170 valence electrons. The maximum Gasteiger partial charge on any atom is 0.293 e. The third kappa shape index (κ3) is 5.45. The zero-order valence-corrected chi connectivity index (χ0v) is 17.7. The molecule has 4 rings (SSSR count). The fraction of sp³-hybridized carbons (Fsp3) is 0.208. The second-order valence-corrected chi connectivity index (χ2v) is 7.50. The van der Waals surface area contributed by atoms with E-state index in [1.54, 1.807) is 0 Å². The monoisotopic (exact) mass is 451 g/mol. The van der Waals surface area contributed by atoms with Gasteiger partial charge in [0, 0.05) is 30.3 Å². The molecule has 0 saturated carbocycles. The molecule has 0 aliphatic carbocycles. The van der Waals surface area contributed by atoms with Crippen molar-refractivity contribution in [1.82, 2.24) is 5.32 Å². The number of halogens is 1. The minimum Gasteiger partial charge on any atom is -0.467 e. The lowest BCUT2D eigenvalue weighted by Gasteiger charge is -2.21. The van der Waals surface area contributed by atoms with Crippen LogP contribution in [-0.2, 0) is 24.3 Å². The van der Waals surface area contributed by atoms with Crippen molar-refractivity contribution in [2.45, 2.75) is 19.6 Å². The predicted octanol–water partition coefficient (Wildman–Crippen LogP) is 4.19. The zero-order valence-electron chi connectivity index (χ0n) is 17.7. The van der Waals surface area contributed by atoms with Gasteiger partial charge in [0.2, 0.25) is 0 Å². The Balaban J connectivity index is 1.40. The number of benzene rings is 3. The summed E-state index contributed by atoms with van der Waals surface area (Å²) in [5.74, 6) is -0.290. The Morgan fingerprint density at radius 3 is 2.73 bits per heavy atom. The SMILES string of the molecule is O=C(NCCc1cc(F)cc2c1OCOC2)c1ccc(NCc2ccccc2)c([N+](=O)[O-])c1. The molecule has 8 nitrogen and oxygen atoms in total. The van der Waals surface area contributed by atoms with E-state index in [1.807, 2.05) is 30.3 Å². The van der Waals surface area contributed by atoms with Gasteiger partial charge in [-0.25, -0.2) is 4.39 Å². The van der Waals surface area contributed by atoms with Crippen LogP contribution >= 0.6 is 0 Å². The highest BCUT2D eigenvalue weighted by Crippen LogP contribution is 2.30. The molecule has 3 aromatic rings. The average molecular weight is 451 g/mol. The minimum atomic E-state index is -0.525. The number of ether oxygens (including phenoxy) is 2. The Morgan fingerprint density at radius 2 is 1.94 bits per heavy atom. The molecule has 1 aliphatic heterocycles. The maximum atomic E-state index is 13.9. The lowest BCUT2D eigenvalue weighted by Crippen LogP contribution is -2.26. The maximum absolute atomic E-state index is 13.9. The average Bonchev–Trinajstić information content (AvgIpc) is 2.83. The van der Waals surface area contributed by atoms with Gasteiger partial charge in [-0.3, -0.25) is 14.9 Å². The van der Waals surface area contributed by atoms with E-state index in [2.05, 4.69) is 10.6 Å². The first-order valence-corrected chi connectivity index (χ1v) is 10.4. The molecule has 2 N–H and O–H groups in total. The van der Waals surface area contributed by atoms with Crippen LogP contribution in [0.15, 0.2) is 60.7 Å². The van der Waals surface area contributed by atoms with Crippen LogP contribution in [0.1, 0.15) is 27.0 Å². The summed E-state index contributed by atoms with van der Waals surface area (Å²) in [4.78, 5) is 23.6. The summed E-state index contributed by atoms with van der Waals surface area (Å²) >= 11 is 0. The number of nitro benzene ring substituents is 1. The zero-order chi connectivity index (χ0) is 23.2. The van der Waals surface area contributed by atoms with Crippen LogP contribution < -0.4 is 15.4 Å². The number of hydrogen-bond acceptors (Lipinski definition) is 6. The van der Waals surface area contributed by atoms with E-state index in [1.165, 1.54) is 30.3 Å². The Kier molecular flexibility index (Phi) is 6.80. The van der Waals surface area contributed by atoms with Crippen molar-refractivity contribution in [3.63, 3.8) is 0 Å². The number of rotatable bonds is 8.